The minimum atomic E-state index is -0.749. The Balaban J connectivity index is 2.07. The van der Waals surface area contributed by atoms with Crippen LogP contribution in [-0.4, -0.2) is 17.8 Å². The molecule has 1 saturated heterocycles. The largest absolute Gasteiger partial charge is 0.316 e. The second-order valence-electron chi connectivity index (χ2n) is 3.32. The van der Waals surface area contributed by atoms with Crippen LogP contribution in [0, 0.1) is 5.82 Å². The van der Waals surface area contributed by atoms with Crippen molar-refractivity contribution >= 4 is 29.4 Å². The van der Waals surface area contributed by atoms with Crippen molar-refractivity contribution in [3.05, 3.63) is 34.6 Å². The molecular formula is C10H7ClFN3O2. The van der Waals surface area contributed by atoms with Crippen molar-refractivity contribution in [3.8, 4) is 0 Å². The summed E-state index contributed by atoms with van der Waals surface area (Å²) in [5, 5.41) is 4.49. The van der Waals surface area contributed by atoms with Crippen LogP contribution in [0.2, 0.25) is 5.02 Å². The van der Waals surface area contributed by atoms with Gasteiger partial charge in [-0.05, 0) is 17.7 Å². The average Bonchev–Trinajstić information content (AvgIpc) is 2.60. The lowest BCUT2D eigenvalue weighted by Gasteiger charge is -2.00. The molecule has 0 bridgehead atoms. The molecule has 17 heavy (non-hydrogen) atoms. The molecule has 0 aromatic heterocycles. The molecule has 5 nitrogen and oxygen atoms in total. The minimum absolute atomic E-state index is 0.00203. The van der Waals surface area contributed by atoms with E-state index in [0.717, 1.165) is 0 Å². The van der Waals surface area contributed by atoms with Gasteiger partial charge in [0.1, 0.15) is 5.82 Å². The van der Waals surface area contributed by atoms with Crippen LogP contribution in [0.25, 0.3) is 0 Å². The van der Waals surface area contributed by atoms with Crippen LogP contribution >= 0.6 is 11.6 Å². The van der Waals surface area contributed by atoms with Crippen molar-refractivity contribution in [1.82, 2.24) is 10.6 Å². The third-order valence-corrected chi connectivity index (χ3v) is 2.36. The van der Waals surface area contributed by atoms with Crippen LogP contribution in [0.15, 0.2) is 23.2 Å². The third kappa shape index (κ3) is 2.59. The fourth-order valence-electron chi connectivity index (χ4n) is 1.25. The van der Waals surface area contributed by atoms with Crippen LogP contribution in [0.1, 0.15) is 5.56 Å². The summed E-state index contributed by atoms with van der Waals surface area (Å²) in [5.41, 5.74) is 0.666. The molecule has 1 heterocycles. The van der Waals surface area contributed by atoms with E-state index in [1.807, 2.05) is 0 Å². The van der Waals surface area contributed by atoms with Gasteiger partial charge in [-0.25, -0.2) is 9.38 Å². The molecule has 0 spiro atoms. The van der Waals surface area contributed by atoms with Gasteiger partial charge in [0.2, 0.25) is 5.96 Å². The lowest BCUT2D eigenvalue weighted by Crippen LogP contribution is -2.25. The molecule has 1 aliphatic rings. The van der Waals surface area contributed by atoms with Crippen LogP contribution in [0.3, 0.4) is 0 Å². The predicted octanol–water partition coefficient (Wildman–Crippen LogP) is 0.581. The Bertz CT molecular complexity index is 512. The topological polar surface area (TPSA) is 70.6 Å². The molecule has 88 valence electrons. The first-order chi connectivity index (χ1) is 8.06. The van der Waals surface area contributed by atoms with E-state index in [1.54, 1.807) is 0 Å². The van der Waals surface area contributed by atoms with Gasteiger partial charge in [-0.15, -0.1) is 0 Å². The number of nitrogens with zero attached hydrogens (tertiary/aromatic N) is 1. The number of aliphatic imine (C=N–C) groups is 1. The van der Waals surface area contributed by atoms with Crippen molar-refractivity contribution in [1.29, 1.82) is 0 Å². The Labute approximate surface area is 101 Å². The van der Waals surface area contributed by atoms with Gasteiger partial charge in [0, 0.05) is 0 Å². The Morgan fingerprint density at radius 2 is 1.88 bits per heavy atom. The molecule has 1 fully saturated rings. The summed E-state index contributed by atoms with van der Waals surface area (Å²) < 4.78 is 12.9. The van der Waals surface area contributed by atoms with Gasteiger partial charge in [0.05, 0.1) is 11.6 Å². The highest BCUT2D eigenvalue weighted by Gasteiger charge is 2.24. The van der Waals surface area contributed by atoms with Gasteiger partial charge < -0.3 is 0 Å². The lowest BCUT2D eigenvalue weighted by molar-refractivity contribution is -0.135. The average molecular weight is 256 g/mol. The zero-order valence-electron chi connectivity index (χ0n) is 8.46. The maximum absolute atomic E-state index is 12.9. The van der Waals surface area contributed by atoms with E-state index in [1.165, 1.54) is 18.2 Å². The number of rotatable bonds is 2. The van der Waals surface area contributed by atoms with Crippen molar-refractivity contribution in [2.45, 2.75) is 6.54 Å². The fourth-order valence-corrected chi connectivity index (χ4v) is 1.45. The van der Waals surface area contributed by atoms with Gasteiger partial charge in [-0.2, -0.15) is 0 Å². The number of guanidine groups is 1. The Kier molecular flexibility index (Phi) is 3.06. The standard InChI is InChI=1S/C10H7ClFN3O2/c11-6-3-5(1-2-7(6)12)4-13-10-14-8(16)9(17)15-10/h1-3H,4H2,(H2,13,14,15,16,17). The summed E-state index contributed by atoms with van der Waals surface area (Å²) in [7, 11) is 0. The fraction of sp³-hybridized carbons (Fsp3) is 0.100. The molecule has 1 aliphatic heterocycles. The second-order valence-corrected chi connectivity index (χ2v) is 3.73. The van der Waals surface area contributed by atoms with E-state index in [9.17, 15) is 14.0 Å². The summed E-state index contributed by atoms with van der Waals surface area (Å²) in [4.78, 5) is 25.6. The molecular weight excluding hydrogens is 249 g/mol. The highest BCUT2D eigenvalue weighted by molar-refractivity contribution is 6.45. The van der Waals surface area contributed by atoms with E-state index < -0.39 is 17.6 Å². The van der Waals surface area contributed by atoms with Crippen LogP contribution in [0.4, 0.5) is 4.39 Å². The first-order valence-corrected chi connectivity index (χ1v) is 5.05. The van der Waals surface area contributed by atoms with E-state index >= 15 is 0 Å². The first-order valence-electron chi connectivity index (χ1n) is 4.67. The molecule has 0 aliphatic carbocycles. The van der Waals surface area contributed by atoms with Crippen LogP contribution in [0.5, 0.6) is 0 Å². The maximum atomic E-state index is 12.9. The first kappa shape index (κ1) is 11.5. The minimum Gasteiger partial charge on any atom is -0.288 e. The Hall–Kier alpha value is -1.95. The summed E-state index contributed by atoms with van der Waals surface area (Å²) in [6.07, 6.45) is 0. The van der Waals surface area contributed by atoms with Gasteiger partial charge >= 0.3 is 11.8 Å². The summed E-state index contributed by atoms with van der Waals surface area (Å²) in [5.74, 6) is -1.92. The molecule has 2 N–H and O–H groups in total. The van der Waals surface area contributed by atoms with Gasteiger partial charge in [0.15, 0.2) is 0 Å². The number of carbonyl (C=O) groups excluding carboxylic acids is 2. The molecule has 7 heteroatoms. The number of hydrogen-bond acceptors (Lipinski definition) is 3. The van der Waals surface area contributed by atoms with Crippen molar-refractivity contribution in [2.75, 3.05) is 0 Å². The Morgan fingerprint density at radius 1 is 1.24 bits per heavy atom. The number of carbonyl (C=O) groups is 2. The summed E-state index contributed by atoms with van der Waals surface area (Å²) in [6, 6.07) is 4.17. The van der Waals surface area contributed by atoms with E-state index in [0.29, 0.717) is 5.56 Å². The highest BCUT2D eigenvalue weighted by Crippen LogP contribution is 2.16. The number of amides is 2. The molecule has 2 rings (SSSR count). The quantitative estimate of drug-likeness (QED) is 0.759. The highest BCUT2D eigenvalue weighted by atomic mass is 35.5. The van der Waals surface area contributed by atoms with E-state index in [4.69, 9.17) is 11.6 Å². The number of benzene rings is 1. The zero-order valence-corrected chi connectivity index (χ0v) is 9.21. The SMILES string of the molecule is O=C1NC(=NCc2ccc(F)c(Cl)c2)NC1=O. The predicted molar refractivity (Wildman–Crippen MR) is 58.8 cm³/mol. The summed E-state index contributed by atoms with van der Waals surface area (Å²) in [6.45, 7) is 0.176. The van der Waals surface area contributed by atoms with Crippen molar-refractivity contribution < 1.29 is 14.0 Å². The molecule has 0 saturated carbocycles. The lowest BCUT2D eigenvalue weighted by atomic mass is 10.2. The molecule has 0 atom stereocenters. The number of nitrogens with one attached hydrogen (secondary N) is 2. The van der Waals surface area contributed by atoms with Crippen LogP contribution < -0.4 is 10.6 Å². The number of halogens is 2. The van der Waals surface area contributed by atoms with E-state index in [2.05, 4.69) is 15.6 Å². The maximum Gasteiger partial charge on any atom is 0.316 e. The summed E-state index contributed by atoms with van der Waals surface area (Å²) >= 11 is 5.59. The molecule has 1 aromatic carbocycles. The molecule has 1 aromatic rings. The molecule has 2 amide bonds. The van der Waals surface area contributed by atoms with Crippen molar-refractivity contribution in [2.24, 2.45) is 4.99 Å². The van der Waals surface area contributed by atoms with Crippen LogP contribution in [-0.2, 0) is 16.1 Å². The second kappa shape index (κ2) is 4.50. The molecule has 0 unspecified atom stereocenters. The van der Waals surface area contributed by atoms with Gasteiger partial charge in [-0.3, -0.25) is 20.2 Å². The van der Waals surface area contributed by atoms with E-state index in [-0.39, 0.29) is 17.5 Å². The zero-order chi connectivity index (χ0) is 12.4. The van der Waals surface area contributed by atoms with Gasteiger partial charge in [0.25, 0.3) is 0 Å². The monoisotopic (exact) mass is 255 g/mol. The smallest absolute Gasteiger partial charge is 0.288 e. The third-order valence-electron chi connectivity index (χ3n) is 2.07. The normalized spacial score (nSPS) is 14.6. The Morgan fingerprint density at radius 3 is 2.47 bits per heavy atom. The molecule has 0 radical (unpaired) electrons. The number of hydrogen-bond donors (Lipinski definition) is 2. The van der Waals surface area contributed by atoms with Gasteiger partial charge in [-0.1, -0.05) is 17.7 Å². The van der Waals surface area contributed by atoms with Crippen molar-refractivity contribution in [3.63, 3.8) is 0 Å².